The number of nitrogens with zero attached hydrogens (tertiary/aromatic N) is 3. The van der Waals surface area contributed by atoms with Gasteiger partial charge in [0.2, 0.25) is 5.91 Å². The SMILES string of the molecule is CC(=O)CC(=O)N(c1ccccn1)c1ccccn1. The van der Waals surface area contributed by atoms with Crippen LogP contribution in [0.25, 0.3) is 0 Å². The maximum atomic E-state index is 12.2. The van der Waals surface area contributed by atoms with Crippen molar-refractivity contribution in [3.8, 4) is 0 Å². The number of hydrogen-bond donors (Lipinski definition) is 0. The Balaban J connectivity index is 2.40. The molecule has 1 amide bonds. The maximum absolute atomic E-state index is 12.2. The molecule has 0 aromatic carbocycles. The lowest BCUT2D eigenvalue weighted by atomic mass is 10.2. The maximum Gasteiger partial charge on any atom is 0.241 e. The van der Waals surface area contributed by atoms with E-state index >= 15 is 0 Å². The van der Waals surface area contributed by atoms with Crippen LogP contribution >= 0.6 is 0 Å². The average Bonchev–Trinajstić information content (AvgIpc) is 2.40. The van der Waals surface area contributed by atoms with Crippen LogP contribution in [-0.2, 0) is 9.59 Å². The number of aromatic nitrogens is 2. The van der Waals surface area contributed by atoms with E-state index in [1.165, 1.54) is 11.8 Å². The molecule has 19 heavy (non-hydrogen) atoms. The Kier molecular flexibility index (Phi) is 3.97. The Morgan fingerprint density at radius 1 is 1.00 bits per heavy atom. The van der Waals surface area contributed by atoms with E-state index in [0.717, 1.165) is 0 Å². The van der Waals surface area contributed by atoms with Gasteiger partial charge in [0.1, 0.15) is 17.4 Å². The van der Waals surface area contributed by atoms with Crippen LogP contribution in [0.5, 0.6) is 0 Å². The second kappa shape index (κ2) is 5.86. The Hall–Kier alpha value is -2.56. The van der Waals surface area contributed by atoms with Crippen LogP contribution in [-0.4, -0.2) is 21.7 Å². The standard InChI is InChI=1S/C14H13N3O2/c1-11(18)10-14(19)17(12-6-2-4-8-15-12)13-7-3-5-9-16-13/h2-9H,10H2,1H3. The lowest BCUT2D eigenvalue weighted by Gasteiger charge is -2.20. The molecule has 0 atom stereocenters. The van der Waals surface area contributed by atoms with Gasteiger partial charge in [0, 0.05) is 12.4 Å². The Labute approximate surface area is 110 Å². The van der Waals surface area contributed by atoms with Crippen molar-refractivity contribution in [1.82, 2.24) is 9.97 Å². The third-order valence-electron chi connectivity index (χ3n) is 2.41. The fraction of sp³-hybridized carbons (Fsp3) is 0.143. The molecule has 0 saturated carbocycles. The summed E-state index contributed by atoms with van der Waals surface area (Å²) >= 11 is 0. The summed E-state index contributed by atoms with van der Waals surface area (Å²) in [6.07, 6.45) is 3.01. The molecular weight excluding hydrogens is 242 g/mol. The molecule has 2 aromatic heterocycles. The van der Waals surface area contributed by atoms with E-state index in [1.54, 1.807) is 48.8 Å². The molecule has 0 aliphatic carbocycles. The first kappa shape index (κ1) is 12.9. The highest BCUT2D eigenvalue weighted by molar-refractivity contribution is 6.07. The molecule has 0 bridgehead atoms. The first-order chi connectivity index (χ1) is 9.18. The summed E-state index contributed by atoms with van der Waals surface area (Å²) in [5.74, 6) is 0.367. The third kappa shape index (κ3) is 3.22. The van der Waals surface area contributed by atoms with Crippen LogP contribution in [0.1, 0.15) is 13.3 Å². The minimum Gasteiger partial charge on any atom is -0.299 e. The smallest absolute Gasteiger partial charge is 0.241 e. The Bertz CT molecular complexity index is 530. The number of Topliss-reactive ketones (excluding diaryl/α,β-unsaturated/α-hetero) is 1. The minimum absolute atomic E-state index is 0.173. The number of carbonyl (C=O) groups is 2. The first-order valence-electron chi connectivity index (χ1n) is 5.83. The van der Waals surface area contributed by atoms with Crippen molar-refractivity contribution < 1.29 is 9.59 Å². The molecule has 5 heteroatoms. The summed E-state index contributed by atoms with van der Waals surface area (Å²) in [6, 6.07) is 10.5. The fourth-order valence-corrected chi connectivity index (χ4v) is 1.64. The van der Waals surface area contributed by atoms with Gasteiger partial charge >= 0.3 is 0 Å². The lowest BCUT2D eigenvalue weighted by molar-refractivity contribution is -0.125. The average molecular weight is 255 g/mol. The molecule has 0 aliphatic heterocycles. The Morgan fingerprint density at radius 2 is 1.53 bits per heavy atom. The van der Waals surface area contributed by atoms with E-state index in [-0.39, 0.29) is 18.1 Å². The van der Waals surface area contributed by atoms with Gasteiger partial charge in [-0.25, -0.2) is 14.9 Å². The van der Waals surface area contributed by atoms with Crippen molar-refractivity contribution in [3.63, 3.8) is 0 Å². The van der Waals surface area contributed by atoms with Gasteiger partial charge in [-0.3, -0.25) is 9.59 Å². The van der Waals surface area contributed by atoms with Crippen molar-refractivity contribution >= 4 is 23.3 Å². The van der Waals surface area contributed by atoms with Gasteiger partial charge in [0.05, 0.1) is 6.42 Å². The summed E-state index contributed by atoms with van der Waals surface area (Å²) in [5, 5.41) is 0. The molecule has 0 unspecified atom stereocenters. The molecule has 5 nitrogen and oxygen atoms in total. The zero-order valence-corrected chi connectivity index (χ0v) is 10.5. The zero-order valence-electron chi connectivity index (χ0n) is 10.5. The highest BCUT2D eigenvalue weighted by Crippen LogP contribution is 2.21. The molecule has 0 saturated heterocycles. The third-order valence-corrected chi connectivity index (χ3v) is 2.41. The molecule has 2 rings (SSSR count). The van der Waals surface area contributed by atoms with Crippen molar-refractivity contribution in [2.45, 2.75) is 13.3 Å². The van der Waals surface area contributed by atoms with E-state index in [2.05, 4.69) is 9.97 Å². The van der Waals surface area contributed by atoms with Crippen LogP contribution in [0, 0.1) is 0 Å². The van der Waals surface area contributed by atoms with E-state index < -0.39 is 0 Å². The van der Waals surface area contributed by atoms with Gasteiger partial charge in [-0.05, 0) is 31.2 Å². The zero-order chi connectivity index (χ0) is 13.7. The molecule has 0 radical (unpaired) electrons. The normalized spacial score (nSPS) is 9.95. The van der Waals surface area contributed by atoms with Gasteiger partial charge in [-0.2, -0.15) is 0 Å². The molecule has 2 aromatic rings. The lowest BCUT2D eigenvalue weighted by Crippen LogP contribution is -2.28. The van der Waals surface area contributed by atoms with Crippen molar-refractivity contribution in [2.24, 2.45) is 0 Å². The van der Waals surface area contributed by atoms with Crippen LogP contribution < -0.4 is 4.90 Å². The monoisotopic (exact) mass is 255 g/mol. The van der Waals surface area contributed by atoms with E-state index in [9.17, 15) is 9.59 Å². The molecule has 96 valence electrons. The topological polar surface area (TPSA) is 63.2 Å². The molecule has 0 fully saturated rings. The van der Waals surface area contributed by atoms with E-state index in [0.29, 0.717) is 11.6 Å². The van der Waals surface area contributed by atoms with Crippen LogP contribution in [0.2, 0.25) is 0 Å². The predicted molar refractivity (Wildman–Crippen MR) is 70.9 cm³/mol. The first-order valence-corrected chi connectivity index (χ1v) is 5.83. The van der Waals surface area contributed by atoms with Gasteiger partial charge in [0.25, 0.3) is 0 Å². The second-order valence-electron chi connectivity index (χ2n) is 3.98. The van der Waals surface area contributed by atoms with Crippen LogP contribution in [0.15, 0.2) is 48.8 Å². The molecule has 0 aliphatic rings. The number of amides is 1. The summed E-state index contributed by atoms with van der Waals surface area (Å²) in [7, 11) is 0. The van der Waals surface area contributed by atoms with Gasteiger partial charge < -0.3 is 0 Å². The molecule has 0 N–H and O–H groups in total. The number of ketones is 1. The van der Waals surface area contributed by atoms with Crippen molar-refractivity contribution in [2.75, 3.05) is 4.90 Å². The van der Waals surface area contributed by atoms with Crippen molar-refractivity contribution in [1.29, 1.82) is 0 Å². The van der Waals surface area contributed by atoms with Gasteiger partial charge in [-0.1, -0.05) is 12.1 Å². The minimum atomic E-state index is -0.343. The summed E-state index contributed by atoms with van der Waals surface area (Å²) in [4.78, 5) is 32.9. The molecular formula is C14H13N3O2. The highest BCUT2D eigenvalue weighted by Gasteiger charge is 2.20. The van der Waals surface area contributed by atoms with Crippen LogP contribution in [0.3, 0.4) is 0 Å². The van der Waals surface area contributed by atoms with Crippen molar-refractivity contribution in [3.05, 3.63) is 48.8 Å². The molecule has 0 spiro atoms. The van der Waals surface area contributed by atoms with Gasteiger partial charge in [0.15, 0.2) is 0 Å². The number of rotatable bonds is 4. The predicted octanol–water partition coefficient (Wildman–Crippen LogP) is 2.12. The molecule has 2 heterocycles. The Morgan fingerprint density at radius 3 is 1.89 bits per heavy atom. The van der Waals surface area contributed by atoms with E-state index in [4.69, 9.17) is 0 Å². The number of carbonyl (C=O) groups excluding carboxylic acids is 2. The summed E-state index contributed by atoms with van der Waals surface area (Å²) < 4.78 is 0. The van der Waals surface area contributed by atoms with Crippen LogP contribution in [0.4, 0.5) is 11.6 Å². The van der Waals surface area contributed by atoms with Gasteiger partial charge in [-0.15, -0.1) is 0 Å². The van der Waals surface area contributed by atoms with E-state index in [1.807, 2.05) is 0 Å². The summed E-state index contributed by atoms with van der Waals surface area (Å²) in [5.41, 5.74) is 0. The number of hydrogen-bond acceptors (Lipinski definition) is 4. The fourth-order valence-electron chi connectivity index (χ4n) is 1.64. The number of pyridine rings is 2. The largest absolute Gasteiger partial charge is 0.299 e. The number of anilines is 2. The quantitative estimate of drug-likeness (QED) is 0.785. The second-order valence-corrected chi connectivity index (χ2v) is 3.98. The highest BCUT2D eigenvalue weighted by atomic mass is 16.2. The summed E-state index contributed by atoms with van der Waals surface area (Å²) in [6.45, 7) is 1.38.